The second-order valence-electron chi connectivity index (χ2n) is 5.18. The molecule has 0 aliphatic rings. The molecule has 0 aromatic heterocycles. The van der Waals surface area contributed by atoms with E-state index in [0.717, 1.165) is 0 Å². The number of esters is 1. The molecule has 2 N–H and O–H groups in total. The predicted molar refractivity (Wildman–Crippen MR) is 59.5 cm³/mol. The largest absolute Gasteiger partial charge is 0.463 e. The Balaban J connectivity index is 3.74. The highest BCUT2D eigenvalue weighted by molar-refractivity contribution is 5.76. The molecule has 0 aromatic rings. The monoisotopic (exact) mass is 217 g/mol. The summed E-state index contributed by atoms with van der Waals surface area (Å²) < 4.78 is 10.5. The summed E-state index contributed by atoms with van der Waals surface area (Å²) in [4.78, 5) is 11.5. The average Bonchev–Trinajstić information content (AvgIpc) is 2.10. The van der Waals surface area contributed by atoms with Crippen LogP contribution in [-0.4, -0.2) is 31.3 Å². The van der Waals surface area contributed by atoms with E-state index in [4.69, 9.17) is 15.2 Å². The van der Waals surface area contributed by atoms with Gasteiger partial charge < -0.3 is 15.2 Å². The van der Waals surface area contributed by atoms with Crippen LogP contribution < -0.4 is 5.73 Å². The first kappa shape index (κ1) is 14.4. The number of hydrogen-bond acceptors (Lipinski definition) is 4. The average molecular weight is 217 g/mol. The highest BCUT2D eigenvalue weighted by atomic mass is 16.6. The molecule has 15 heavy (non-hydrogen) atoms. The van der Waals surface area contributed by atoms with Crippen molar-refractivity contribution in [3.63, 3.8) is 0 Å². The number of carbonyl (C=O) groups is 1. The summed E-state index contributed by atoms with van der Waals surface area (Å²) >= 11 is 0. The molecule has 0 saturated heterocycles. The van der Waals surface area contributed by atoms with E-state index in [9.17, 15) is 4.79 Å². The Morgan fingerprint density at radius 1 is 1.13 bits per heavy atom. The molecule has 0 spiro atoms. The summed E-state index contributed by atoms with van der Waals surface area (Å²) in [5, 5.41) is 0. The fraction of sp³-hybridized carbons (Fsp3) is 0.909. The predicted octanol–water partition coefficient (Wildman–Crippen LogP) is 1.33. The Morgan fingerprint density at radius 3 is 2.07 bits per heavy atom. The number of ether oxygens (including phenoxy) is 2. The minimum absolute atomic E-state index is 0.199. The van der Waals surface area contributed by atoms with Crippen molar-refractivity contribution >= 4 is 5.97 Å². The van der Waals surface area contributed by atoms with Crippen molar-refractivity contribution in [2.45, 2.75) is 40.2 Å². The third-order valence-corrected chi connectivity index (χ3v) is 1.91. The SMILES string of the molecule is CC(C)(C)OCCOC(=O)C(C)(C)CN. The van der Waals surface area contributed by atoms with E-state index in [-0.39, 0.29) is 24.7 Å². The minimum atomic E-state index is -0.609. The molecular weight excluding hydrogens is 194 g/mol. The molecular formula is C11H23NO3. The van der Waals surface area contributed by atoms with Gasteiger partial charge >= 0.3 is 5.97 Å². The van der Waals surface area contributed by atoms with Gasteiger partial charge in [-0.3, -0.25) is 4.79 Å². The van der Waals surface area contributed by atoms with Crippen LogP contribution in [-0.2, 0) is 14.3 Å². The van der Waals surface area contributed by atoms with E-state index in [1.165, 1.54) is 0 Å². The Kier molecular flexibility index (Phi) is 5.24. The molecule has 0 unspecified atom stereocenters. The van der Waals surface area contributed by atoms with Gasteiger partial charge in [0.2, 0.25) is 0 Å². The van der Waals surface area contributed by atoms with Crippen molar-refractivity contribution in [1.29, 1.82) is 0 Å². The van der Waals surface area contributed by atoms with E-state index in [2.05, 4.69) is 0 Å². The number of hydrogen-bond donors (Lipinski definition) is 1. The quantitative estimate of drug-likeness (QED) is 0.557. The molecule has 0 aliphatic carbocycles. The molecule has 90 valence electrons. The Labute approximate surface area is 92.1 Å². The molecule has 0 radical (unpaired) electrons. The van der Waals surface area contributed by atoms with Gasteiger partial charge in [0.1, 0.15) is 6.61 Å². The smallest absolute Gasteiger partial charge is 0.312 e. The van der Waals surface area contributed by atoms with E-state index in [1.807, 2.05) is 20.8 Å². The second kappa shape index (κ2) is 5.47. The van der Waals surface area contributed by atoms with Crippen LogP contribution in [0.1, 0.15) is 34.6 Å². The van der Waals surface area contributed by atoms with Gasteiger partial charge in [0, 0.05) is 6.54 Å². The van der Waals surface area contributed by atoms with Gasteiger partial charge in [0.05, 0.1) is 17.6 Å². The van der Waals surface area contributed by atoms with Crippen LogP contribution in [0.4, 0.5) is 0 Å². The second-order valence-corrected chi connectivity index (χ2v) is 5.18. The first-order valence-electron chi connectivity index (χ1n) is 5.20. The van der Waals surface area contributed by atoms with Gasteiger partial charge in [-0.05, 0) is 34.6 Å². The van der Waals surface area contributed by atoms with Crippen molar-refractivity contribution in [3.8, 4) is 0 Å². The van der Waals surface area contributed by atoms with Crippen molar-refractivity contribution in [2.24, 2.45) is 11.1 Å². The summed E-state index contributed by atoms with van der Waals surface area (Å²) in [5.41, 5.74) is 4.64. The molecule has 0 aliphatic heterocycles. The van der Waals surface area contributed by atoms with Crippen LogP contribution in [0, 0.1) is 5.41 Å². The van der Waals surface area contributed by atoms with Gasteiger partial charge in [-0.25, -0.2) is 0 Å². The maximum atomic E-state index is 11.5. The van der Waals surface area contributed by atoms with Crippen LogP contribution in [0.3, 0.4) is 0 Å². The lowest BCUT2D eigenvalue weighted by Crippen LogP contribution is -2.35. The molecule has 0 bridgehead atoms. The highest BCUT2D eigenvalue weighted by Gasteiger charge is 2.27. The Hall–Kier alpha value is -0.610. The third kappa shape index (κ3) is 6.47. The van der Waals surface area contributed by atoms with Gasteiger partial charge in [0.15, 0.2) is 0 Å². The zero-order valence-corrected chi connectivity index (χ0v) is 10.4. The lowest BCUT2D eigenvalue weighted by Gasteiger charge is -2.22. The molecule has 0 saturated carbocycles. The molecule has 0 heterocycles. The van der Waals surface area contributed by atoms with Crippen molar-refractivity contribution in [3.05, 3.63) is 0 Å². The Bertz CT molecular complexity index is 206. The van der Waals surface area contributed by atoms with Crippen LogP contribution in [0.2, 0.25) is 0 Å². The molecule has 0 fully saturated rings. The summed E-state index contributed by atoms with van der Waals surface area (Å²) in [6, 6.07) is 0. The number of nitrogens with two attached hydrogens (primary N) is 1. The number of carbonyl (C=O) groups excluding carboxylic acids is 1. The van der Waals surface area contributed by atoms with Crippen LogP contribution in [0.25, 0.3) is 0 Å². The first-order chi connectivity index (χ1) is 6.69. The zero-order chi connectivity index (χ0) is 12.1. The fourth-order valence-corrected chi connectivity index (χ4v) is 0.761. The normalized spacial score (nSPS) is 12.7. The van der Waals surface area contributed by atoms with Gasteiger partial charge in [-0.2, -0.15) is 0 Å². The van der Waals surface area contributed by atoms with Crippen LogP contribution >= 0.6 is 0 Å². The topological polar surface area (TPSA) is 61.5 Å². The third-order valence-electron chi connectivity index (χ3n) is 1.91. The van der Waals surface area contributed by atoms with Gasteiger partial charge in [-0.15, -0.1) is 0 Å². The molecule has 0 aromatic carbocycles. The summed E-state index contributed by atoms with van der Waals surface area (Å²) in [6.07, 6.45) is 0. The summed E-state index contributed by atoms with van der Waals surface area (Å²) in [6.45, 7) is 10.4. The van der Waals surface area contributed by atoms with Gasteiger partial charge in [0.25, 0.3) is 0 Å². The van der Waals surface area contributed by atoms with E-state index in [0.29, 0.717) is 6.61 Å². The maximum absolute atomic E-state index is 11.5. The number of rotatable bonds is 5. The summed E-state index contributed by atoms with van der Waals surface area (Å²) in [5.74, 6) is -0.275. The highest BCUT2D eigenvalue weighted by Crippen LogP contribution is 2.14. The van der Waals surface area contributed by atoms with Crippen molar-refractivity contribution in [1.82, 2.24) is 0 Å². The minimum Gasteiger partial charge on any atom is -0.463 e. The molecule has 4 nitrogen and oxygen atoms in total. The van der Waals surface area contributed by atoms with E-state index < -0.39 is 5.41 Å². The van der Waals surface area contributed by atoms with E-state index >= 15 is 0 Å². The van der Waals surface area contributed by atoms with Gasteiger partial charge in [-0.1, -0.05) is 0 Å². The van der Waals surface area contributed by atoms with Crippen LogP contribution in [0.5, 0.6) is 0 Å². The van der Waals surface area contributed by atoms with Crippen LogP contribution in [0.15, 0.2) is 0 Å². The lowest BCUT2D eigenvalue weighted by molar-refractivity contribution is -0.156. The Morgan fingerprint density at radius 2 is 1.67 bits per heavy atom. The lowest BCUT2D eigenvalue weighted by atomic mass is 9.94. The van der Waals surface area contributed by atoms with Crippen molar-refractivity contribution in [2.75, 3.05) is 19.8 Å². The zero-order valence-electron chi connectivity index (χ0n) is 10.4. The molecule has 0 amide bonds. The molecule has 4 heteroatoms. The first-order valence-corrected chi connectivity index (χ1v) is 5.20. The standard InChI is InChI=1S/C11H23NO3/c1-10(2,3)15-7-6-14-9(13)11(4,5)8-12/h6-8,12H2,1-5H3. The summed E-state index contributed by atoms with van der Waals surface area (Å²) in [7, 11) is 0. The molecule has 0 rings (SSSR count). The maximum Gasteiger partial charge on any atom is 0.312 e. The fourth-order valence-electron chi connectivity index (χ4n) is 0.761. The molecule has 0 atom stereocenters. The van der Waals surface area contributed by atoms with Crippen molar-refractivity contribution < 1.29 is 14.3 Å². The van der Waals surface area contributed by atoms with E-state index in [1.54, 1.807) is 13.8 Å².